The van der Waals surface area contributed by atoms with Crippen LogP contribution in [0.4, 0.5) is 11.5 Å². The molecule has 2 rings (SSSR count). The number of nitro groups is 1. The van der Waals surface area contributed by atoms with Crippen LogP contribution in [0, 0.1) is 16.0 Å². The van der Waals surface area contributed by atoms with E-state index in [4.69, 9.17) is 4.74 Å². The van der Waals surface area contributed by atoms with E-state index < -0.39 is 14.8 Å². The van der Waals surface area contributed by atoms with E-state index in [1.807, 2.05) is 0 Å². The molecule has 1 fully saturated rings. The molecular weight excluding hydrogens is 310 g/mol. The highest BCUT2D eigenvalue weighted by Crippen LogP contribution is 2.26. The minimum Gasteiger partial charge on any atom is -0.381 e. The molecule has 1 saturated heterocycles. The molecule has 0 unspecified atom stereocenters. The van der Waals surface area contributed by atoms with Gasteiger partial charge in [0.25, 0.3) is 0 Å². The van der Waals surface area contributed by atoms with Crippen molar-refractivity contribution < 1.29 is 18.1 Å². The summed E-state index contributed by atoms with van der Waals surface area (Å²) in [4.78, 5) is 14.3. The molecular formula is C13H19N3O5S. The number of hydrogen-bond donors (Lipinski definition) is 1. The van der Waals surface area contributed by atoms with Crippen molar-refractivity contribution in [2.24, 2.45) is 5.92 Å². The third kappa shape index (κ3) is 3.92. The largest absolute Gasteiger partial charge is 0.381 e. The van der Waals surface area contributed by atoms with E-state index in [-0.39, 0.29) is 22.2 Å². The van der Waals surface area contributed by atoms with Crippen LogP contribution in [0.15, 0.2) is 17.2 Å². The van der Waals surface area contributed by atoms with Gasteiger partial charge >= 0.3 is 5.69 Å². The van der Waals surface area contributed by atoms with E-state index in [1.165, 1.54) is 6.92 Å². The molecule has 1 aliphatic rings. The van der Waals surface area contributed by atoms with Gasteiger partial charge in [-0.25, -0.2) is 13.4 Å². The highest BCUT2D eigenvalue weighted by atomic mass is 32.2. The van der Waals surface area contributed by atoms with Crippen molar-refractivity contribution in [3.05, 3.63) is 22.4 Å². The summed E-state index contributed by atoms with van der Waals surface area (Å²) in [6, 6.07) is 1.07. The van der Waals surface area contributed by atoms with Crippen LogP contribution in [0.1, 0.15) is 19.8 Å². The monoisotopic (exact) mass is 329 g/mol. The van der Waals surface area contributed by atoms with Gasteiger partial charge in [-0.2, -0.15) is 0 Å². The van der Waals surface area contributed by atoms with E-state index in [0.29, 0.717) is 25.7 Å². The fraction of sp³-hybridized carbons (Fsp3) is 0.615. The van der Waals surface area contributed by atoms with Crippen LogP contribution < -0.4 is 5.32 Å². The first-order valence-corrected chi connectivity index (χ1v) is 8.78. The molecule has 0 amide bonds. The highest BCUT2D eigenvalue weighted by Gasteiger charge is 2.22. The van der Waals surface area contributed by atoms with E-state index in [9.17, 15) is 18.5 Å². The Hall–Kier alpha value is -1.74. The van der Waals surface area contributed by atoms with Crippen LogP contribution in [0.5, 0.6) is 0 Å². The Kier molecular flexibility index (Phi) is 5.30. The molecule has 0 aromatic carbocycles. The zero-order valence-corrected chi connectivity index (χ0v) is 13.1. The molecule has 0 bridgehead atoms. The van der Waals surface area contributed by atoms with Crippen LogP contribution >= 0.6 is 0 Å². The molecule has 0 aliphatic carbocycles. The van der Waals surface area contributed by atoms with Gasteiger partial charge in [0.15, 0.2) is 9.84 Å². The topological polar surface area (TPSA) is 111 Å². The number of pyridine rings is 1. The number of hydrogen-bond acceptors (Lipinski definition) is 7. The molecule has 0 saturated carbocycles. The lowest BCUT2D eigenvalue weighted by Gasteiger charge is -2.22. The Morgan fingerprint density at radius 1 is 1.45 bits per heavy atom. The van der Waals surface area contributed by atoms with Crippen molar-refractivity contribution in [2.45, 2.75) is 24.7 Å². The lowest BCUT2D eigenvalue weighted by atomic mass is 10.0. The first-order valence-electron chi connectivity index (χ1n) is 7.13. The van der Waals surface area contributed by atoms with Crippen LogP contribution in [-0.2, 0) is 14.6 Å². The number of ether oxygens (including phenoxy) is 1. The van der Waals surface area contributed by atoms with Gasteiger partial charge in [0.1, 0.15) is 0 Å². The summed E-state index contributed by atoms with van der Waals surface area (Å²) in [6.45, 7) is 3.42. The Morgan fingerprint density at radius 2 is 2.14 bits per heavy atom. The molecule has 0 radical (unpaired) electrons. The Morgan fingerprint density at radius 3 is 2.73 bits per heavy atom. The summed E-state index contributed by atoms with van der Waals surface area (Å²) < 4.78 is 28.9. The lowest BCUT2D eigenvalue weighted by molar-refractivity contribution is -0.384. The van der Waals surface area contributed by atoms with E-state index in [0.717, 1.165) is 25.1 Å². The summed E-state index contributed by atoms with van der Waals surface area (Å²) in [5.41, 5.74) is -0.318. The maximum Gasteiger partial charge on any atom is 0.312 e. The fourth-order valence-electron chi connectivity index (χ4n) is 2.24. The van der Waals surface area contributed by atoms with Gasteiger partial charge in [-0.3, -0.25) is 10.1 Å². The van der Waals surface area contributed by atoms with Gasteiger partial charge in [-0.1, -0.05) is 6.92 Å². The van der Waals surface area contributed by atoms with E-state index in [2.05, 4.69) is 10.3 Å². The molecule has 1 aromatic heterocycles. The molecule has 0 atom stereocenters. The van der Waals surface area contributed by atoms with Crippen molar-refractivity contribution in [3.8, 4) is 0 Å². The first kappa shape index (κ1) is 16.6. The van der Waals surface area contributed by atoms with Crippen LogP contribution in [0.25, 0.3) is 0 Å². The van der Waals surface area contributed by atoms with Gasteiger partial charge in [-0.15, -0.1) is 0 Å². The van der Waals surface area contributed by atoms with Gasteiger partial charge in [0, 0.05) is 32.0 Å². The maximum atomic E-state index is 11.8. The van der Waals surface area contributed by atoms with Crippen molar-refractivity contribution in [1.29, 1.82) is 0 Å². The maximum absolute atomic E-state index is 11.8. The van der Waals surface area contributed by atoms with Crippen molar-refractivity contribution in [3.63, 3.8) is 0 Å². The SMILES string of the molecule is CCS(=O)(=O)c1cnc(NCC2CCOCC2)c([N+](=O)[O-])c1. The number of aromatic nitrogens is 1. The average Bonchev–Trinajstić information content (AvgIpc) is 2.53. The molecule has 9 heteroatoms. The number of nitrogens with zero attached hydrogens (tertiary/aromatic N) is 2. The third-order valence-corrected chi connectivity index (χ3v) is 5.38. The molecule has 8 nitrogen and oxygen atoms in total. The van der Waals surface area contributed by atoms with Gasteiger partial charge in [0.2, 0.25) is 5.82 Å². The quantitative estimate of drug-likeness (QED) is 0.623. The Balaban J connectivity index is 2.18. The van der Waals surface area contributed by atoms with Crippen molar-refractivity contribution in [2.75, 3.05) is 30.8 Å². The van der Waals surface area contributed by atoms with E-state index >= 15 is 0 Å². The fourth-order valence-corrected chi connectivity index (χ4v) is 3.08. The summed E-state index contributed by atoms with van der Waals surface area (Å²) in [5, 5.41) is 14.1. The number of nitrogens with one attached hydrogen (secondary N) is 1. The normalized spacial score (nSPS) is 16.4. The summed E-state index contributed by atoms with van der Waals surface area (Å²) >= 11 is 0. The number of anilines is 1. The molecule has 2 heterocycles. The van der Waals surface area contributed by atoms with Gasteiger partial charge in [0.05, 0.1) is 15.6 Å². The number of sulfone groups is 1. The zero-order chi connectivity index (χ0) is 16.2. The lowest BCUT2D eigenvalue weighted by Crippen LogP contribution is -2.23. The van der Waals surface area contributed by atoms with Crippen molar-refractivity contribution in [1.82, 2.24) is 4.98 Å². The zero-order valence-electron chi connectivity index (χ0n) is 12.3. The number of rotatable bonds is 6. The van der Waals surface area contributed by atoms with Crippen LogP contribution in [0.2, 0.25) is 0 Å². The predicted octanol–water partition coefficient (Wildman–Crippen LogP) is 1.62. The second-order valence-corrected chi connectivity index (χ2v) is 7.41. The van der Waals surface area contributed by atoms with Gasteiger partial charge in [-0.05, 0) is 18.8 Å². The second kappa shape index (κ2) is 7.01. The van der Waals surface area contributed by atoms with Crippen LogP contribution in [0.3, 0.4) is 0 Å². The van der Waals surface area contributed by atoms with Gasteiger partial charge < -0.3 is 10.1 Å². The second-order valence-electron chi connectivity index (χ2n) is 5.14. The molecule has 1 aromatic rings. The molecule has 1 N–H and O–H groups in total. The molecule has 1 aliphatic heterocycles. The molecule has 122 valence electrons. The molecule has 22 heavy (non-hydrogen) atoms. The average molecular weight is 329 g/mol. The first-order chi connectivity index (χ1) is 10.4. The Bertz CT molecular complexity index is 641. The summed E-state index contributed by atoms with van der Waals surface area (Å²) in [5.74, 6) is 0.349. The smallest absolute Gasteiger partial charge is 0.312 e. The van der Waals surface area contributed by atoms with Crippen molar-refractivity contribution >= 4 is 21.3 Å². The van der Waals surface area contributed by atoms with Crippen LogP contribution in [-0.4, -0.2) is 43.8 Å². The van der Waals surface area contributed by atoms with E-state index in [1.54, 1.807) is 0 Å². The predicted molar refractivity (Wildman–Crippen MR) is 80.7 cm³/mol. The molecule has 0 spiro atoms. The summed E-state index contributed by atoms with van der Waals surface area (Å²) in [7, 11) is -3.52. The summed E-state index contributed by atoms with van der Waals surface area (Å²) in [6.07, 6.45) is 2.95. The standard InChI is InChI=1S/C13H19N3O5S/c1-2-22(19,20)11-7-12(16(17)18)13(15-9-11)14-8-10-3-5-21-6-4-10/h7,9-10H,2-6,8H2,1H3,(H,14,15). The highest BCUT2D eigenvalue weighted by molar-refractivity contribution is 7.91. The third-order valence-electron chi connectivity index (χ3n) is 3.68. The minimum atomic E-state index is -3.52. The Labute approximate surface area is 129 Å². The minimum absolute atomic E-state index is 0.103.